The Morgan fingerprint density at radius 3 is 2.75 bits per heavy atom. The molecule has 4 aromatic rings. The van der Waals surface area contributed by atoms with Gasteiger partial charge in [-0.2, -0.15) is 10.2 Å². The lowest BCUT2D eigenvalue weighted by molar-refractivity contribution is 0.414. The van der Waals surface area contributed by atoms with E-state index in [1.807, 2.05) is 53.3 Å². The zero-order valence-corrected chi connectivity index (χ0v) is 13.8. The maximum Gasteiger partial charge on any atom is 0.118 e. The fourth-order valence-corrected chi connectivity index (χ4v) is 3.00. The van der Waals surface area contributed by atoms with E-state index in [4.69, 9.17) is 16.3 Å². The first-order valence-electron chi connectivity index (χ1n) is 7.53. The summed E-state index contributed by atoms with van der Waals surface area (Å²) in [5.74, 6) is 0.847. The first kappa shape index (κ1) is 14.8. The summed E-state index contributed by atoms with van der Waals surface area (Å²) in [7, 11) is 1.66. The van der Waals surface area contributed by atoms with E-state index in [1.54, 1.807) is 13.3 Å². The molecule has 0 saturated carbocycles. The van der Waals surface area contributed by atoms with Crippen LogP contribution in [0.25, 0.3) is 22.2 Å². The van der Waals surface area contributed by atoms with Crippen molar-refractivity contribution in [2.75, 3.05) is 7.11 Å². The molecule has 2 heterocycles. The molecule has 2 aromatic carbocycles. The molecule has 0 aliphatic heterocycles. The SMILES string of the molecule is COc1ccc(Cn2ccc(-c3ccc4cn[nH]c4c3Cl)n2)cc1. The van der Waals surface area contributed by atoms with Gasteiger partial charge in [-0.1, -0.05) is 35.9 Å². The van der Waals surface area contributed by atoms with Crippen molar-refractivity contribution < 1.29 is 4.74 Å². The number of hydrogen-bond acceptors (Lipinski definition) is 3. The van der Waals surface area contributed by atoms with Crippen LogP contribution in [0.4, 0.5) is 0 Å². The van der Waals surface area contributed by atoms with Crippen molar-refractivity contribution >= 4 is 22.5 Å². The minimum absolute atomic E-state index is 0.639. The summed E-state index contributed by atoms with van der Waals surface area (Å²) in [6.45, 7) is 0.688. The van der Waals surface area contributed by atoms with E-state index in [1.165, 1.54) is 0 Å². The van der Waals surface area contributed by atoms with Gasteiger partial charge in [0.15, 0.2) is 0 Å². The summed E-state index contributed by atoms with van der Waals surface area (Å²) >= 11 is 6.49. The third-order valence-electron chi connectivity index (χ3n) is 3.97. The first-order chi connectivity index (χ1) is 11.7. The summed E-state index contributed by atoms with van der Waals surface area (Å²) < 4.78 is 7.07. The van der Waals surface area contributed by atoms with Gasteiger partial charge in [0.1, 0.15) is 5.75 Å². The summed E-state index contributed by atoms with van der Waals surface area (Å²) in [4.78, 5) is 0. The highest BCUT2D eigenvalue weighted by Gasteiger charge is 2.11. The third kappa shape index (κ3) is 2.63. The first-order valence-corrected chi connectivity index (χ1v) is 7.91. The van der Waals surface area contributed by atoms with E-state index >= 15 is 0 Å². The van der Waals surface area contributed by atoms with Crippen LogP contribution in [0.15, 0.2) is 54.9 Å². The second-order valence-corrected chi connectivity index (χ2v) is 5.89. The second kappa shape index (κ2) is 6.02. The number of aromatic amines is 1. The monoisotopic (exact) mass is 338 g/mol. The highest BCUT2D eigenvalue weighted by molar-refractivity contribution is 6.37. The summed E-state index contributed by atoms with van der Waals surface area (Å²) in [5.41, 5.74) is 3.71. The fourth-order valence-electron chi connectivity index (χ4n) is 2.69. The van der Waals surface area contributed by atoms with Crippen molar-refractivity contribution in [3.63, 3.8) is 0 Å². The Balaban J connectivity index is 1.62. The molecule has 0 radical (unpaired) electrons. The highest BCUT2D eigenvalue weighted by Crippen LogP contribution is 2.32. The number of halogens is 1. The number of ether oxygens (including phenoxy) is 1. The quantitative estimate of drug-likeness (QED) is 0.608. The van der Waals surface area contributed by atoms with Crippen LogP contribution in [-0.2, 0) is 6.54 Å². The molecule has 6 heteroatoms. The molecule has 0 unspecified atom stereocenters. The highest BCUT2D eigenvalue weighted by atomic mass is 35.5. The minimum atomic E-state index is 0.639. The van der Waals surface area contributed by atoms with Crippen LogP contribution >= 0.6 is 11.6 Å². The molecule has 5 nitrogen and oxygen atoms in total. The lowest BCUT2D eigenvalue weighted by atomic mass is 10.1. The molecule has 2 aromatic heterocycles. The van der Waals surface area contributed by atoms with Gasteiger partial charge in [0.05, 0.1) is 36.1 Å². The van der Waals surface area contributed by atoms with E-state index in [0.29, 0.717) is 11.6 Å². The number of fused-ring (bicyclic) bond motifs is 1. The Bertz CT molecular complexity index is 988. The van der Waals surface area contributed by atoms with Gasteiger partial charge in [0, 0.05) is 17.1 Å². The number of rotatable bonds is 4. The smallest absolute Gasteiger partial charge is 0.118 e. The Morgan fingerprint density at radius 2 is 1.96 bits per heavy atom. The van der Waals surface area contributed by atoms with Crippen LogP contribution in [0, 0.1) is 0 Å². The molecule has 1 N–H and O–H groups in total. The molecular formula is C18H15ClN4O. The maximum atomic E-state index is 6.49. The van der Waals surface area contributed by atoms with Gasteiger partial charge >= 0.3 is 0 Å². The Hall–Kier alpha value is -2.79. The number of benzene rings is 2. The van der Waals surface area contributed by atoms with Gasteiger partial charge in [0.2, 0.25) is 0 Å². The van der Waals surface area contributed by atoms with Crippen LogP contribution in [0.5, 0.6) is 5.75 Å². The molecule has 0 fully saturated rings. The summed E-state index contributed by atoms with van der Waals surface area (Å²) in [6, 6.07) is 13.9. The van der Waals surface area contributed by atoms with Crippen molar-refractivity contribution in [3.05, 3.63) is 65.4 Å². The van der Waals surface area contributed by atoms with Gasteiger partial charge in [-0.05, 0) is 23.8 Å². The number of nitrogens with zero attached hydrogens (tertiary/aromatic N) is 3. The number of aromatic nitrogens is 4. The standard InChI is InChI=1S/C18H15ClN4O/c1-24-14-5-2-12(3-6-14)11-23-9-8-16(22-23)15-7-4-13-10-20-21-18(13)17(15)19/h2-10H,11H2,1H3,(H,20,21). The predicted octanol–water partition coefficient (Wildman–Crippen LogP) is 4.14. The van der Waals surface area contributed by atoms with Gasteiger partial charge in [-0.25, -0.2) is 0 Å². The predicted molar refractivity (Wildman–Crippen MR) is 94.4 cm³/mol. The molecule has 0 bridgehead atoms. The van der Waals surface area contributed by atoms with Gasteiger partial charge in [-0.15, -0.1) is 0 Å². The molecule has 0 aliphatic rings. The molecule has 24 heavy (non-hydrogen) atoms. The second-order valence-electron chi connectivity index (χ2n) is 5.51. The Morgan fingerprint density at radius 1 is 1.12 bits per heavy atom. The van der Waals surface area contributed by atoms with E-state index in [0.717, 1.165) is 33.5 Å². The van der Waals surface area contributed by atoms with E-state index < -0.39 is 0 Å². The number of methoxy groups -OCH3 is 1. The lowest BCUT2D eigenvalue weighted by Crippen LogP contribution is -2.00. The summed E-state index contributed by atoms with van der Waals surface area (Å²) in [6.07, 6.45) is 3.71. The third-order valence-corrected chi connectivity index (χ3v) is 4.37. The van der Waals surface area contributed by atoms with Crippen molar-refractivity contribution in [3.8, 4) is 17.0 Å². The molecule has 4 rings (SSSR count). The summed E-state index contributed by atoms with van der Waals surface area (Å²) in [5, 5.41) is 13.2. The van der Waals surface area contributed by atoms with E-state index in [2.05, 4.69) is 15.3 Å². The van der Waals surface area contributed by atoms with Crippen molar-refractivity contribution in [2.24, 2.45) is 0 Å². The normalized spacial score (nSPS) is 11.1. The lowest BCUT2D eigenvalue weighted by Gasteiger charge is -2.05. The number of H-pyrrole nitrogens is 1. The molecule has 0 aliphatic carbocycles. The van der Waals surface area contributed by atoms with Gasteiger partial charge in [-0.3, -0.25) is 9.78 Å². The van der Waals surface area contributed by atoms with Gasteiger partial charge < -0.3 is 4.74 Å². The van der Waals surface area contributed by atoms with Crippen LogP contribution in [0.2, 0.25) is 5.02 Å². The van der Waals surface area contributed by atoms with Crippen molar-refractivity contribution in [2.45, 2.75) is 6.54 Å². The topological polar surface area (TPSA) is 55.7 Å². The Kier molecular flexibility index (Phi) is 3.70. The van der Waals surface area contributed by atoms with Crippen LogP contribution in [-0.4, -0.2) is 27.1 Å². The fraction of sp³-hybridized carbons (Fsp3) is 0.111. The number of hydrogen-bond donors (Lipinski definition) is 1. The molecule has 0 amide bonds. The Labute approximate surface area is 143 Å². The molecule has 0 atom stereocenters. The van der Waals surface area contributed by atoms with Crippen LogP contribution in [0.1, 0.15) is 5.56 Å². The zero-order valence-electron chi connectivity index (χ0n) is 13.0. The van der Waals surface area contributed by atoms with Crippen LogP contribution in [0.3, 0.4) is 0 Å². The largest absolute Gasteiger partial charge is 0.497 e. The molecule has 0 spiro atoms. The molecular weight excluding hydrogens is 324 g/mol. The van der Waals surface area contributed by atoms with Gasteiger partial charge in [0.25, 0.3) is 0 Å². The average molecular weight is 339 g/mol. The van der Waals surface area contributed by atoms with Crippen molar-refractivity contribution in [1.82, 2.24) is 20.0 Å². The molecule has 0 saturated heterocycles. The zero-order chi connectivity index (χ0) is 16.5. The van der Waals surface area contributed by atoms with Crippen molar-refractivity contribution in [1.29, 1.82) is 0 Å². The van der Waals surface area contributed by atoms with Crippen LogP contribution < -0.4 is 4.74 Å². The molecule has 120 valence electrons. The maximum absolute atomic E-state index is 6.49. The van der Waals surface area contributed by atoms with E-state index in [-0.39, 0.29) is 0 Å². The van der Waals surface area contributed by atoms with E-state index in [9.17, 15) is 0 Å². The number of nitrogens with one attached hydrogen (secondary N) is 1. The average Bonchev–Trinajstić information content (AvgIpc) is 3.26. The minimum Gasteiger partial charge on any atom is -0.497 e.